The Bertz CT molecular complexity index is 280. The summed E-state index contributed by atoms with van der Waals surface area (Å²) in [6.45, 7) is 14.6. The molecule has 1 heterocycles. The lowest BCUT2D eigenvalue weighted by molar-refractivity contribution is -0.161. The molecule has 0 amide bonds. The van der Waals surface area contributed by atoms with Crippen LogP contribution in [-0.2, 0) is 4.74 Å². The fourth-order valence-corrected chi connectivity index (χ4v) is 3.57. The van der Waals surface area contributed by atoms with Crippen molar-refractivity contribution in [3.63, 3.8) is 0 Å². The third-order valence-corrected chi connectivity index (χ3v) is 5.09. The molecule has 4 atom stereocenters. The van der Waals surface area contributed by atoms with Gasteiger partial charge in [0, 0.05) is 43.2 Å². The smallest absolute Gasteiger partial charge is 0.0655 e. The summed E-state index contributed by atoms with van der Waals surface area (Å²) in [6.07, 6.45) is 2.89. The number of rotatable bonds is 4. The van der Waals surface area contributed by atoms with Crippen LogP contribution in [0, 0.1) is 5.41 Å². The number of nitrogens with one attached hydrogen (secondary N) is 1. The minimum Gasteiger partial charge on any atom is -0.378 e. The topological polar surface area (TPSA) is 24.5 Å². The fourth-order valence-electron chi connectivity index (χ4n) is 3.57. The maximum absolute atomic E-state index is 5.86. The average Bonchev–Trinajstić information content (AvgIpc) is 2.35. The fraction of sp³-hybridized carbons (Fsp3) is 1.00. The maximum atomic E-state index is 5.86. The molecule has 4 unspecified atom stereocenters. The molecule has 2 rings (SSSR count). The van der Waals surface area contributed by atoms with Gasteiger partial charge in [-0.1, -0.05) is 20.8 Å². The zero-order valence-corrected chi connectivity index (χ0v) is 12.7. The van der Waals surface area contributed by atoms with Crippen molar-refractivity contribution in [3.8, 4) is 0 Å². The second-order valence-electron chi connectivity index (χ2n) is 6.58. The molecule has 0 aromatic rings. The SMILES string of the molecule is CCOC1CC(N2CC(CC)NCC2C)C1(C)C. The third kappa shape index (κ3) is 2.45. The Morgan fingerprint density at radius 3 is 2.61 bits per heavy atom. The second kappa shape index (κ2) is 5.48. The minimum absolute atomic E-state index is 0.305. The van der Waals surface area contributed by atoms with Crippen LogP contribution in [0.2, 0.25) is 0 Å². The molecule has 1 N–H and O–H groups in total. The monoisotopic (exact) mass is 254 g/mol. The van der Waals surface area contributed by atoms with E-state index in [2.05, 4.69) is 44.8 Å². The Hall–Kier alpha value is -0.120. The van der Waals surface area contributed by atoms with E-state index in [1.807, 2.05) is 0 Å². The van der Waals surface area contributed by atoms with Crippen LogP contribution in [0.3, 0.4) is 0 Å². The molecular formula is C15H30N2O. The van der Waals surface area contributed by atoms with E-state index in [4.69, 9.17) is 4.74 Å². The summed E-state index contributed by atoms with van der Waals surface area (Å²) in [5.74, 6) is 0. The number of ether oxygens (including phenoxy) is 1. The van der Waals surface area contributed by atoms with Crippen LogP contribution in [0.1, 0.15) is 47.5 Å². The Balaban J connectivity index is 1.99. The van der Waals surface area contributed by atoms with Crippen molar-refractivity contribution in [2.75, 3.05) is 19.7 Å². The Morgan fingerprint density at radius 1 is 1.33 bits per heavy atom. The molecule has 106 valence electrons. The first-order chi connectivity index (χ1) is 8.50. The van der Waals surface area contributed by atoms with E-state index in [9.17, 15) is 0 Å². The summed E-state index contributed by atoms with van der Waals surface area (Å²) >= 11 is 0. The van der Waals surface area contributed by atoms with E-state index in [1.165, 1.54) is 19.4 Å². The second-order valence-corrected chi connectivity index (χ2v) is 6.58. The molecule has 2 aliphatic rings. The molecule has 3 heteroatoms. The predicted molar refractivity (Wildman–Crippen MR) is 75.8 cm³/mol. The van der Waals surface area contributed by atoms with Gasteiger partial charge < -0.3 is 10.1 Å². The van der Waals surface area contributed by atoms with Crippen molar-refractivity contribution in [2.45, 2.75) is 71.7 Å². The molecule has 3 nitrogen and oxygen atoms in total. The highest BCUT2D eigenvalue weighted by Crippen LogP contribution is 2.46. The van der Waals surface area contributed by atoms with E-state index in [0.29, 0.717) is 29.6 Å². The van der Waals surface area contributed by atoms with Crippen molar-refractivity contribution in [3.05, 3.63) is 0 Å². The normalized spacial score (nSPS) is 40.5. The van der Waals surface area contributed by atoms with E-state index in [1.54, 1.807) is 0 Å². The molecule has 0 bridgehead atoms. The van der Waals surface area contributed by atoms with Gasteiger partial charge in [-0.25, -0.2) is 0 Å². The highest BCUT2D eigenvalue weighted by molar-refractivity contribution is 5.06. The van der Waals surface area contributed by atoms with Gasteiger partial charge in [0.05, 0.1) is 6.10 Å². The van der Waals surface area contributed by atoms with Gasteiger partial charge in [0.2, 0.25) is 0 Å². The van der Waals surface area contributed by atoms with Crippen LogP contribution in [-0.4, -0.2) is 48.8 Å². The lowest BCUT2D eigenvalue weighted by Crippen LogP contribution is -2.68. The van der Waals surface area contributed by atoms with Crippen molar-refractivity contribution in [1.82, 2.24) is 10.2 Å². The van der Waals surface area contributed by atoms with E-state index >= 15 is 0 Å². The van der Waals surface area contributed by atoms with Crippen molar-refractivity contribution < 1.29 is 4.74 Å². The summed E-state index contributed by atoms with van der Waals surface area (Å²) in [5.41, 5.74) is 0.305. The van der Waals surface area contributed by atoms with Gasteiger partial charge in [0.15, 0.2) is 0 Å². The highest BCUT2D eigenvalue weighted by Gasteiger charge is 2.52. The van der Waals surface area contributed by atoms with Crippen molar-refractivity contribution in [2.24, 2.45) is 5.41 Å². The molecule has 1 saturated carbocycles. The van der Waals surface area contributed by atoms with Crippen LogP contribution in [0.4, 0.5) is 0 Å². The lowest BCUT2D eigenvalue weighted by atomic mass is 9.63. The minimum atomic E-state index is 0.305. The first-order valence-corrected chi connectivity index (χ1v) is 7.61. The lowest BCUT2D eigenvalue weighted by Gasteiger charge is -2.59. The van der Waals surface area contributed by atoms with Gasteiger partial charge in [-0.05, 0) is 26.7 Å². The summed E-state index contributed by atoms with van der Waals surface area (Å²) in [7, 11) is 0. The summed E-state index contributed by atoms with van der Waals surface area (Å²) in [5, 5.41) is 3.64. The standard InChI is InChI=1S/C15H30N2O/c1-6-12-10-17(11(3)9-16-12)13-8-14(18-7-2)15(13,4)5/h11-14,16H,6-10H2,1-5H3. The first kappa shape index (κ1) is 14.3. The van der Waals surface area contributed by atoms with E-state index in [-0.39, 0.29) is 0 Å². The molecule has 18 heavy (non-hydrogen) atoms. The Morgan fingerprint density at radius 2 is 2.06 bits per heavy atom. The first-order valence-electron chi connectivity index (χ1n) is 7.61. The molecule has 1 saturated heterocycles. The highest BCUT2D eigenvalue weighted by atomic mass is 16.5. The van der Waals surface area contributed by atoms with Crippen LogP contribution < -0.4 is 5.32 Å². The zero-order chi connectivity index (χ0) is 13.3. The number of nitrogens with zero attached hydrogens (tertiary/aromatic N) is 1. The molecule has 0 aromatic carbocycles. The van der Waals surface area contributed by atoms with Crippen LogP contribution in [0.5, 0.6) is 0 Å². The number of piperazine rings is 1. The van der Waals surface area contributed by atoms with Gasteiger partial charge in [-0.3, -0.25) is 4.90 Å². The van der Waals surface area contributed by atoms with Crippen molar-refractivity contribution >= 4 is 0 Å². The van der Waals surface area contributed by atoms with E-state index in [0.717, 1.165) is 13.2 Å². The zero-order valence-electron chi connectivity index (χ0n) is 12.7. The third-order valence-electron chi connectivity index (χ3n) is 5.09. The number of hydrogen-bond donors (Lipinski definition) is 1. The van der Waals surface area contributed by atoms with E-state index < -0.39 is 0 Å². The summed E-state index contributed by atoms with van der Waals surface area (Å²) in [6, 6.07) is 2.02. The molecular weight excluding hydrogens is 224 g/mol. The van der Waals surface area contributed by atoms with Gasteiger partial charge in [-0.2, -0.15) is 0 Å². The Kier molecular flexibility index (Phi) is 4.35. The molecule has 0 spiro atoms. The predicted octanol–water partition coefficient (Wildman–Crippen LogP) is 2.26. The van der Waals surface area contributed by atoms with Gasteiger partial charge in [0.25, 0.3) is 0 Å². The van der Waals surface area contributed by atoms with Crippen molar-refractivity contribution in [1.29, 1.82) is 0 Å². The maximum Gasteiger partial charge on any atom is 0.0655 e. The summed E-state index contributed by atoms with van der Waals surface area (Å²) in [4.78, 5) is 2.72. The molecule has 0 aromatic heterocycles. The van der Waals surface area contributed by atoms with Crippen LogP contribution in [0.15, 0.2) is 0 Å². The van der Waals surface area contributed by atoms with Gasteiger partial charge in [0.1, 0.15) is 0 Å². The summed E-state index contributed by atoms with van der Waals surface area (Å²) < 4.78 is 5.86. The van der Waals surface area contributed by atoms with Crippen LogP contribution >= 0.6 is 0 Å². The van der Waals surface area contributed by atoms with Gasteiger partial charge in [-0.15, -0.1) is 0 Å². The largest absolute Gasteiger partial charge is 0.378 e. The molecule has 1 aliphatic carbocycles. The molecule has 2 fully saturated rings. The average molecular weight is 254 g/mol. The Labute approximate surface area is 112 Å². The van der Waals surface area contributed by atoms with Gasteiger partial charge >= 0.3 is 0 Å². The molecule has 1 aliphatic heterocycles. The van der Waals surface area contributed by atoms with Crippen LogP contribution in [0.25, 0.3) is 0 Å². The molecule has 0 radical (unpaired) electrons. The quantitative estimate of drug-likeness (QED) is 0.833. The number of hydrogen-bond acceptors (Lipinski definition) is 3.